The first-order valence-corrected chi connectivity index (χ1v) is 5.29. The summed E-state index contributed by atoms with van der Waals surface area (Å²) < 4.78 is 6.24. The number of rotatable bonds is 2. The zero-order valence-electron chi connectivity index (χ0n) is 6.87. The van der Waals surface area contributed by atoms with Gasteiger partial charge in [0.1, 0.15) is 12.0 Å². The number of hydrogen-bond acceptors (Lipinski definition) is 4. The first-order valence-electron chi connectivity index (χ1n) is 3.68. The van der Waals surface area contributed by atoms with Gasteiger partial charge in [0, 0.05) is 7.05 Å². The van der Waals surface area contributed by atoms with E-state index in [0.29, 0.717) is 6.01 Å². The van der Waals surface area contributed by atoms with Crippen LogP contribution < -0.4 is 5.32 Å². The standard InChI is InChI=1S/C8H7BrN2OS/c1-10-8-11-5(4-12-8)6-2-3-7(9)13-6/h2-4H,1H3,(H,10,11). The molecule has 5 heteroatoms. The predicted octanol–water partition coefficient (Wildman–Crippen LogP) is 3.21. The van der Waals surface area contributed by atoms with Crippen molar-refractivity contribution >= 4 is 33.3 Å². The van der Waals surface area contributed by atoms with Crippen molar-refractivity contribution < 1.29 is 4.42 Å². The van der Waals surface area contributed by atoms with Gasteiger partial charge in [-0.05, 0) is 28.1 Å². The third kappa shape index (κ3) is 1.76. The maximum atomic E-state index is 5.15. The molecule has 68 valence electrons. The number of anilines is 1. The molecule has 0 amide bonds. The molecule has 1 N–H and O–H groups in total. The fraction of sp³-hybridized carbons (Fsp3) is 0.125. The Morgan fingerprint density at radius 2 is 2.38 bits per heavy atom. The van der Waals surface area contributed by atoms with Crippen molar-refractivity contribution in [2.75, 3.05) is 12.4 Å². The molecule has 0 spiro atoms. The van der Waals surface area contributed by atoms with Crippen molar-refractivity contribution in [3.8, 4) is 10.6 Å². The number of aromatic nitrogens is 1. The molecule has 2 aromatic rings. The monoisotopic (exact) mass is 258 g/mol. The summed E-state index contributed by atoms with van der Waals surface area (Å²) in [6.07, 6.45) is 1.64. The van der Waals surface area contributed by atoms with Crippen molar-refractivity contribution in [2.24, 2.45) is 0 Å². The summed E-state index contributed by atoms with van der Waals surface area (Å²) >= 11 is 5.03. The smallest absolute Gasteiger partial charge is 0.294 e. The number of nitrogens with zero attached hydrogens (tertiary/aromatic N) is 1. The van der Waals surface area contributed by atoms with Crippen molar-refractivity contribution in [1.29, 1.82) is 0 Å². The van der Waals surface area contributed by atoms with Gasteiger partial charge in [-0.2, -0.15) is 4.98 Å². The van der Waals surface area contributed by atoms with E-state index in [-0.39, 0.29) is 0 Å². The molecule has 13 heavy (non-hydrogen) atoms. The largest absolute Gasteiger partial charge is 0.431 e. The lowest BCUT2D eigenvalue weighted by Gasteiger charge is -1.86. The van der Waals surface area contributed by atoms with E-state index in [1.54, 1.807) is 24.6 Å². The van der Waals surface area contributed by atoms with E-state index < -0.39 is 0 Å². The minimum absolute atomic E-state index is 0.541. The molecule has 0 saturated heterocycles. The van der Waals surface area contributed by atoms with E-state index in [4.69, 9.17) is 4.42 Å². The molecule has 0 saturated carbocycles. The molecule has 0 aromatic carbocycles. The second kappa shape index (κ2) is 3.51. The fourth-order valence-electron chi connectivity index (χ4n) is 0.954. The lowest BCUT2D eigenvalue weighted by Crippen LogP contribution is -1.86. The van der Waals surface area contributed by atoms with Gasteiger partial charge in [0.05, 0.1) is 8.66 Å². The summed E-state index contributed by atoms with van der Waals surface area (Å²) in [6, 6.07) is 4.54. The van der Waals surface area contributed by atoms with Crippen molar-refractivity contribution in [3.63, 3.8) is 0 Å². The van der Waals surface area contributed by atoms with E-state index in [1.165, 1.54) is 0 Å². The van der Waals surface area contributed by atoms with Crippen LogP contribution in [0.4, 0.5) is 6.01 Å². The molecular weight excluding hydrogens is 252 g/mol. The minimum Gasteiger partial charge on any atom is -0.431 e. The van der Waals surface area contributed by atoms with E-state index in [2.05, 4.69) is 26.2 Å². The van der Waals surface area contributed by atoms with Crippen LogP contribution in [0.25, 0.3) is 10.6 Å². The Balaban J connectivity index is 2.35. The molecule has 2 aromatic heterocycles. The van der Waals surface area contributed by atoms with Crippen LogP contribution in [-0.4, -0.2) is 12.0 Å². The van der Waals surface area contributed by atoms with Gasteiger partial charge >= 0.3 is 0 Å². The average Bonchev–Trinajstić information content (AvgIpc) is 2.71. The van der Waals surface area contributed by atoms with Gasteiger partial charge in [-0.15, -0.1) is 11.3 Å². The van der Waals surface area contributed by atoms with Gasteiger partial charge in [-0.1, -0.05) is 0 Å². The third-order valence-electron chi connectivity index (χ3n) is 1.54. The highest BCUT2D eigenvalue weighted by molar-refractivity contribution is 9.11. The highest BCUT2D eigenvalue weighted by atomic mass is 79.9. The topological polar surface area (TPSA) is 38.1 Å². The van der Waals surface area contributed by atoms with Crippen molar-refractivity contribution in [1.82, 2.24) is 4.98 Å². The maximum absolute atomic E-state index is 5.15. The molecule has 0 aliphatic carbocycles. The Hall–Kier alpha value is -0.810. The van der Waals surface area contributed by atoms with Crippen LogP contribution in [0.3, 0.4) is 0 Å². The van der Waals surface area contributed by atoms with Gasteiger partial charge in [-0.25, -0.2) is 0 Å². The molecular formula is C8H7BrN2OS. The normalized spacial score (nSPS) is 10.3. The van der Waals surface area contributed by atoms with Crippen molar-refractivity contribution in [3.05, 3.63) is 22.2 Å². The van der Waals surface area contributed by atoms with Crippen LogP contribution in [0, 0.1) is 0 Å². The highest BCUT2D eigenvalue weighted by Crippen LogP contribution is 2.31. The third-order valence-corrected chi connectivity index (χ3v) is 3.19. The van der Waals surface area contributed by atoms with E-state index >= 15 is 0 Å². The summed E-state index contributed by atoms with van der Waals surface area (Å²) in [5, 5.41) is 2.84. The lowest BCUT2D eigenvalue weighted by molar-refractivity contribution is 0.576. The molecule has 0 aliphatic heterocycles. The summed E-state index contributed by atoms with van der Waals surface area (Å²) in [6.45, 7) is 0. The van der Waals surface area contributed by atoms with E-state index in [0.717, 1.165) is 14.4 Å². The van der Waals surface area contributed by atoms with Gasteiger partial charge in [-0.3, -0.25) is 0 Å². The zero-order valence-corrected chi connectivity index (χ0v) is 9.28. The van der Waals surface area contributed by atoms with Crippen LogP contribution in [0.2, 0.25) is 0 Å². The highest BCUT2D eigenvalue weighted by Gasteiger charge is 2.06. The predicted molar refractivity (Wildman–Crippen MR) is 57.1 cm³/mol. The molecule has 0 aliphatic rings. The Morgan fingerprint density at radius 1 is 1.54 bits per heavy atom. The van der Waals surface area contributed by atoms with Crippen LogP contribution in [0.15, 0.2) is 26.6 Å². The minimum atomic E-state index is 0.541. The first-order chi connectivity index (χ1) is 6.29. The molecule has 0 bridgehead atoms. The van der Waals surface area contributed by atoms with E-state index in [1.807, 2.05) is 12.1 Å². The van der Waals surface area contributed by atoms with E-state index in [9.17, 15) is 0 Å². The number of hydrogen-bond donors (Lipinski definition) is 1. The Morgan fingerprint density at radius 3 is 2.92 bits per heavy atom. The Bertz CT molecular complexity index is 410. The molecule has 0 fully saturated rings. The summed E-state index contributed by atoms with van der Waals surface area (Å²) in [5.41, 5.74) is 0.861. The van der Waals surface area contributed by atoms with Crippen LogP contribution in [-0.2, 0) is 0 Å². The molecule has 0 unspecified atom stereocenters. The van der Waals surface area contributed by atoms with Gasteiger partial charge < -0.3 is 9.73 Å². The first kappa shape index (κ1) is 8.77. The van der Waals surface area contributed by atoms with Crippen molar-refractivity contribution in [2.45, 2.75) is 0 Å². The summed E-state index contributed by atoms with van der Waals surface area (Å²) in [7, 11) is 1.78. The average molecular weight is 259 g/mol. The lowest BCUT2D eigenvalue weighted by atomic mass is 10.4. The van der Waals surface area contributed by atoms with Crippen LogP contribution in [0.5, 0.6) is 0 Å². The van der Waals surface area contributed by atoms with Crippen LogP contribution in [0.1, 0.15) is 0 Å². The molecule has 3 nitrogen and oxygen atoms in total. The fourth-order valence-corrected chi connectivity index (χ4v) is 2.29. The molecule has 2 rings (SSSR count). The Kier molecular flexibility index (Phi) is 2.37. The molecule has 2 heterocycles. The summed E-state index contributed by atoms with van der Waals surface area (Å²) in [4.78, 5) is 5.32. The van der Waals surface area contributed by atoms with Gasteiger partial charge in [0.25, 0.3) is 6.01 Å². The number of halogens is 1. The SMILES string of the molecule is CNc1nc(-c2ccc(Br)s2)co1. The maximum Gasteiger partial charge on any atom is 0.294 e. The molecule has 0 radical (unpaired) electrons. The van der Waals surface area contributed by atoms with Gasteiger partial charge in [0.2, 0.25) is 0 Å². The quantitative estimate of drug-likeness (QED) is 0.899. The second-order valence-electron chi connectivity index (χ2n) is 2.39. The number of oxazole rings is 1. The summed E-state index contributed by atoms with van der Waals surface area (Å²) in [5.74, 6) is 0. The number of nitrogens with one attached hydrogen (secondary N) is 1. The zero-order chi connectivity index (χ0) is 9.26. The number of thiophene rings is 1. The Labute approximate surface area is 87.9 Å². The van der Waals surface area contributed by atoms with Gasteiger partial charge in [0.15, 0.2) is 0 Å². The second-order valence-corrected chi connectivity index (χ2v) is 4.85. The van der Waals surface area contributed by atoms with Crippen LogP contribution >= 0.6 is 27.3 Å². The molecule has 0 atom stereocenters.